The summed E-state index contributed by atoms with van der Waals surface area (Å²) in [7, 11) is 0. The molecule has 1 aliphatic carbocycles. The second kappa shape index (κ2) is 5.37. The minimum absolute atomic E-state index is 0.132. The molecule has 17 heavy (non-hydrogen) atoms. The first kappa shape index (κ1) is 12.9. The van der Waals surface area contributed by atoms with E-state index in [4.69, 9.17) is 4.74 Å². The van der Waals surface area contributed by atoms with Gasteiger partial charge < -0.3 is 9.72 Å². The van der Waals surface area contributed by atoms with E-state index in [-0.39, 0.29) is 11.7 Å². The van der Waals surface area contributed by atoms with Crippen LogP contribution in [-0.4, -0.2) is 16.1 Å². The van der Waals surface area contributed by atoms with Crippen molar-refractivity contribution >= 4 is 22.6 Å². The van der Waals surface area contributed by atoms with Crippen LogP contribution in [0.3, 0.4) is 0 Å². The standard InChI is InChI=1S/C12H17IN2O2/c1-7-3-4-9(5-8(7)2)17-12-10(13)11(16)14-6-15-12/h6-9H,3-5H2,1-2H3,(H,14,15,16). The molecule has 0 spiro atoms. The fourth-order valence-electron chi connectivity index (χ4n) is 2.21. The first-order valence-electron chi connectivity index (χ1n) is 5.97. The number of H-pyrrole nitrogens is 1. The van der Waals surface area contributed by atoms with Crippen LogP contribution >= 0.6 is 22.6 Å². The van der Waals surface area contributed by atoms with E-state index in [1.54, 1.807) is 0 Å². The number of aromatic amines is 1. The van der Waals surface area contributed by atoms with Crippen molar-refractivity contribution in [1.82, 2.24) is 9.97 Å². The van der Waals surface area contributed by atoms with E-state index < -0.39 is 0 Å². The first-order valence-corrected chi connectivity index (χ1v) is 7.05. The maximum atomic E-state index is 11.4. The second-order valence-corrected chi connectivity index (χ2v) is 5.94. The van der Waals surface area contributed by atoms with Gasteiger partial charge in [0.2, 0.25) is 5.88 Å². The zero-order valence-corrected chi connectivity index (χ0v) is 12.2. The third-order valence-corrected chi connectivity index (χ3v) is 4.54. The Morgan fingerprint density at radius 1 is 1.41 bits per heavy atom. The van der Waals surface area contributed by atoms with Gasteiger partial charge in [-0.25, -0.2) is 4.98 Å². The molecule has 2 rings (SSSR count). The molecule has 1 aromatic heterocycles. The number of aromatic nitrogens is 2. The van der Waals surface area contributed by atoms with E-state index in [1.807, 2.05) is 22.6 Å². The van der Waals surface area contributed by atoms with Gasteiger partial charge in [-0.15, -0.1) is 0 Å². The Hall–Kier alpha value is -0.590. The van der Waals surface area contributed by atoms with Crippen LogP contribution in [-0.2, 0) is 0 Å². The van der Waals surface area contributed by atoms with E-state index in [1.165, 1.54) is 12.7 Å². The lowest BCUT2D eigenvalue weighted by molar-refractivity contribution is 0.0953. The van der Waals surface area contributed by atoms with E-state index in [2.05, 4.69) is 23.8 Å². The molecule has 1 aliphatic rings. The van der Waals surface area contributed by atoms with Gasteiger partial charge in [0.1, 0.15) is 9.67 Å². The fourth-order valence-corrected chi connectivity index (χ4v) is 2.63. The number of hydrogen-bond donors (Lipinski definition) is 1. The fraction of sp³-hybridized carbons (Fsp3) is 0.667. The largest absolute Gasteiger partial charge is 0.473 e. The normalized spacial score (nSPS) is 29.0. The lowest BCUT2D eigenvalue weighted by atomic mass is 9.80. The lowest BCUT2D eigenvalue weighted by Crippen LogP contribution is -2.30. The van der Waals surface area contributed by atoms with Crippen LogP contribution in [0, 0.1) is 15.4 Å². The smallest absolute Gasteiger partial charge is 0.268 e. The summed E-state index contributed by atoms with van der Waals surface area (Å²) in [4.78, 5) is 18.0. The summed E-state index contributed by atoms with van der Waals surface area (Å²) in [6.07, 6.45) is 4.88. The van der Waals surface area contributed by atoms with E-state index in [0.717, 1.165) is 18.8 Å². The molecule has 0 bridgehead atoms. The number of halogens is 1. The molecule has 1 aromatic rings. The van der Waals surface area contributed by atoms with E-state index in [9.17, 15) is 4.79 Å². The summed E-state index contributed by atoms with van der Waals surface area (Å²) >= 11 is 1.98. The van der Waals surface area contributed by atoms with Gasteiger partial charge in [0.25, 0.3) is 5.56 Å². The summed E-state index contributed by atoms with van der Waals surface area (Å²) in [6.45, 7) is 4.55. The van der Waals surface area contributed by atoms with Crippen LogP contribution in [0.4, 0.5) is 0 Å². The average Bonchev–Trinajstić information content (AvgIpc) is 2.30. The van der Waals surface area contributed by atoms with Crippen LogP contribution < -0.4 is 10.3 Å². The SMILES string of the molecule is CC1CCC(Oc2nc[nH]c(=O)c2I)CC1C. The molecule has 5 heteroatoms. The van der Waals surface area contributed by atoms with E-state index >= 15 is 0 Å². The highest BCUT2D eigenvalue weighted by molar-refractivity contribution is 14.1. The molecule has 0 radical (unpaired) electrons. The number of hydrogen-bond acceptors (Lipinski definition) is 3. The van der Waals surface area contributed by atoms with Crippen molar-refractivity contribution in [2.45, 2.75) is 39.2 Å². The summed E-state index contributed by atoms with van der Waals surface area (Å²) in [5.74, 6) is 1.91. The number of rotatable bonds is 2. The van der Waals surface area contributed by atoms with Crippen LogP contribution in [0.1, 0.15) is 33.1 Å². The van der Waals surface area contributed by atoms with Gasteiger partial charge in [-0.05, 0) is 53.7 Å². The molecule has 1 heterocycles. The predicted molar refractivity (Wildman–Crippen MR) is 74.2 cm³/mol. The third-order valence-electron chi connectivity index (χ3n) is 3.59. The van der Waals surface area contributed by atoms with Gasteiger partial charge in [0, 0.05) is 0 Å². The van der Waals surface area contributed by atoms with Gasteiger partial charge in [-0.3, -0.25) is 4.79 Å². The summed E-state index contributed by atoms with van der Waals surface area (Å²) in [5, 5.41) is 0. The molecule has 0 aromatic carbocycles. The van der Waals surface area contributed by atoms with Crippen LogP contribution in [0.2, 0.25) is 0 Å². The maximum absolute atomic E-state index is 11.4. The molecule has 1 N–H and O–H groups in total. The molecule has 1 fully saturated rings. The summed E-state index contributed by atoms with van der Waals surface area (Å²) in [6, 6.07) is 0. The van der Waals surface area contributed by atoms with Crippen LogP contribution in [0.25, 0.3) is 0 Å². The lowest BCUT2D eigenvalue weighted by Gasteiger charge is -2.31. The van der Waals surface area contributed by atoms with Crippen molar-refractivity contribution in [2.24, 2.45) is 11.8 Å². The zero-order valence-electron chi connectivity index (χ0n) is 10.1. The van der Waals surface area contributed by atoms with Gasteiger partial charge >= 0.3 is 0 Å². The number of nitrogens with zero attached hydrogens (tertiary/aromatic N) is 1. The van der Waals surface area contributed by atoms with Gasteiger partial charge in [0.15, 0.2) is 0 Å². The maximum Gasteiger partial charge on any atom is 0.268 e. The van der Waals surface area contributed by atoms with Crippen molar-refractivity contribution < 1.29 is 4.74 Å². The highest BCUT2D eigenvalue weighted by Crippen LogP contribution is 2.31. The van der Waals surface area contributed by atoms with Crippen molar-refractivity contribution in [1.29, 1.82) is 0 Å². The predicted octanol–water partition coefficient (Wildman–Crippen LogP) is 2.58. The van der Waals surface area contributed by atoms with Gasteiger partial charge in [0.05, 0.1) is 6.33 Å². The molecule has 94 valence electrons. The molecule has 0 amide bonds. The summed E-state index contributed by atoms with van der Waals surface area (Å²) in [5.41, 5.74) is -0.132. The van der Waals surface area contributed by atoms with Gasteiger partial charge in [-0.2, -0.15) is 0 Å². The molecule has 0 saturated heterocycles. The van der Waals surface area contributed by atoms with Crippen molar-refractivity contribution in [2.75, 3.05) is 0 Å². The minimum atomic E-state index is -0.132. The Bertz CT molecular complexity index is 446. The topological polar surface area (TPSA) is 55.0 Å². The Kier molecular flexibility index (Phi) is 4.06. The highest BCUT2D eigenvalue weighted by Gasteiger charge is 2.26. The molecule has 4 nitrogen and oxygen atoms in total. The molecule has 3 atom stereocenters. The Labute approximate surface area is 114 Å². The summed E-state index contributed by atoms with van der Waals surface area (Å²) < 4.78 is 6.39. The van der Waals surface area contributed by atoms with Crippen molar-refractivity contribution in [3.05, 3.63) is 20.3 Å². The Balaban J connectivity index is 2.06. The third kappa shape index (κ3) is 3.00. The zero-order chi connectivity index (χ0) is 12.4. The monoisotopic (exact) mass is 348 g/mol. The van der Waals surface area contributed by atoms with Crippen molar-refractivity contribution in [3.63, 3.8) is 0 Å². The molecule has 1 saturated carbocycles. The Morgan fingerprint density at radius 3 is 2.88 bits per heavy atom. The highest BCUT2D eigenvalue weighted by atomic mass is 127. The van der Waals surface area contributed by atoms with Crippen LogP contribution in [0.15, 0.2) is 11.1 Å². The second-order valence-electron chi connectivity index (χ2n) is 4.86. The molecule has 0 aliphatic heterocycles. The van der Waals surface area contributed by atoms with Crippen molar-refractivity contribution in [3.8, 4) is 5.88 Å². The quantitative estimate of drug-likeness (QED) is 0.836. The first-order chi connectivity index (χ1) is 8.08. The van der Waals surface area contributed by atoms with Crippen LogP contribution in [0.5, 0.6) is 5.88 Å². The average molecular weight is 348 g/mol. The number of nitrogens with one attached hydrogen (secondary N) is 1. The minimum Gasteiger partial charge on any atom is -0.473 e. The molecular formula is C12H17IN2O2. The molecular weight excluding hydrogens is 331 g/mol. The van der Waals surface area contributed by atoms with Gasteiger partial charge in [-0.1, -0.05) is 13.8 Å². The Morgan fingerprint density at radius 2 is 2.18 bits per heavy atom. The van der Waals surface area contributed by atoms with E-state index in [0.29, 0.717) is 15.4 Å². The number of ether oxygens (including phenoxy) is 1. The molecule has 3 unspecified atom stereocenters.